The summed E-state index contributed by atoms with van der Waals surface area (Å²) in [6, 6.07) is 5.21. The Morgan fingerprint density at radius 3 is 2.89 bits per heavy atom. The van der Waals surface area contributed by atoms with Crippen molar-refractivity contribution in [2.75, 3.05) is 7.11 Å². The fraction of sp³-hybridized carbons (Fsp3) is 0.308. The van der Waals surface area contributed by atoms with Crippen molar-refractivity contribution in [1.82, 2.24) is 4.98 Å². The fourth-order valence-corrected chi connectivity index (χ4v) is 2.29. The Kier molecular flexibility index (Phi) is 2.40. The van der Waals surface area contributed by atoms with Crippen molar-refractivity contribution in [2.45, 2.75) is 18.8 Å². The summed E-state index contributed by atoms with van der Waals surface area (Å²) in [6.07, 6.45) is 3.64. The van der Waals surface area contributed by atoms with Gasteiger partial charge in [-0.2, -0.15) is 0 Å². The molecule has 1 aliphatic rings. The van der Waals surface area contributed by atoms with Crippen molar-refractivity contribution in [3.63, 3.8) is 0 Å². The van der Waals surface area contributed by atoms with Crippen LogP contribution in [0.4, 0.5) is 5.69 Å². The number of nitro groups is 1. The molecular weight excluding hydrogens is 232 g/mol. The lowest BCUT2D eigenvalue weighted by Gasteiger charge is -2.09. The van der Waals surface area contributed by atoms with Gasteiger partial charge in [0.25, 0.3) is 5.69 Å². The van der Waals surface area contributed by atoms with Crippen LogP contribution in [0.25, 0.3) is 10.9 Å². The summed E-state index contributed by atoms with van der Waals surface area (Å²) in [5.41, 5.74) is 1.51. The molecule has 3 rings (SSSR count). The van der Waals surface area contributed by atoms with Crippen LogP contribution in [0.5, 0.6) is 5.75 Å². The van der Waals surface area contributed by atoms with E-state index >= 15 is 0 Å². The van der Waals surface area contributed by atoms with Gasteiger partial charge in [-0.05, 0) is 37.0 Å². The number of methoxy groups -OCH3 is 1. The van der Waals surface area contributed by atoms with Crippen LogP contribution >= 0.6 is 0 Å². The summed E-state index contributed by atoms with van der Waals surface area (Å²) >= 11 is 0. The highest BCUT2D eigenvalue weighted by molar-refractivity contribution is 5.94. The predicted octanol–water partition coefficient (Wildman–Crippen LogP) is 3.03. The quantitative estimate of drug-likeness (QED) is 0.614. The zero-order valence-corrected chi connectivity index (χ0v) is 9.92. The number of nitro benzene ring substituents is 1. The second-order valence-electron chi connectivity index (χ2n) is 4.45. The van der Waals surface area contributed by atoms with Crippen molar-refractivity contribution in [3.8, 4) is 5.75 Å². The number of fused-ring (bicyclic) bond motifs is 1. The fourth-order valence-electron chi connectivity index (χ4n) is 2.29. The summed E-state index contributed by atoms with van der Waals surface area (Å²) in [6.45, 7) is 0. The first-order chi connectivity index (χ1) is 8.72. The number of hydrogen-bond acceptors (Lipinski definition) is 4. The van der Waals surface area contributed by atoms with E-state index in [4.69, 9.17) is 4.74 Å². The van der Waals surface area contributed by atoms with E-state index in [0.717, 1.165) is 18.4 Å². The zero-order chi connectivity index (χ0) is 12.7. The molecule has 2 aromatic rings. The monoisotopic (exact) mass is 244 g/mol. The van der Waals surface area contributed by atoms with E-state index in [2.05, 4.69) is 4.98 Å². The van der Waals surface area contributed by atoms with Gasteiger partial charge in [-0.25, -0.2) is 0 Å². The van der Waals surface area contributed by atoms with E-state index in [1.165, 1.54) is 0 Å². The van der Waals surface area contributed by atoms with Crippen molar-refractivity contribution in [1.29, 1.82) is 0 Å². The van der Waals surface area contributed by atoms with Gasteiger partial charge in [0.05, 0.1) is 17.4 Å². The molecule has 0 bridgehead atoms. The lowest BCUT2D eigenvalue weighted by Crippen LogP contribution is -1.98. The van der Waals surface area contributed by atoms with Gasteiger partial charge in [0, 0.05) is 11.8 Å². The highest BCUT2D eigenvalue weighted by Gasteiger charge is 2.33. The smallest absolute Gasteiger partial charge is 0.282 e. The molecule has 0 saturated heterocycles. The zero-order valence-electron chi connectivity index (χ0n) is 9.92. The van der Waals surface area contributed by atoms with Crippen molar-refractivity contribution in [3.05, 3.63) is 40.1 Å². The third-order valence-electron chi connectivity index (χ3n) is 3.28. The van der Waals surface area contributed by atoms with Crippen LogP contribution in [0.15, 0.2) is 24.4 Å². The minimum atomic E-state index is -0.308. The summed E-state index contributed by atoms with van der Waals surface area (Å²) in [4.78, 5) is 15.2. The summed E-state index contributed by atoms with van der Waals surface area (Å²) < 4.78 is 5.30. The molecule has 1 aliphatic carbocycles. The molecule has 18 heavy (non-hydrogen) atoms. The van der Waals surface area contributed by atoms with Gasteiger partial charge >= 0.3 is 0 Å². The molecule has 1 aromatic carbocycles. The second-order valence-corrected chi connectivity index (χ2v) is 4.45. The molecule has 0 atom stereocenters. The van der Waals surface area contributed by atoms with E-state index in [1.54, 1.807) is 31.5 Å². The van der Waals surface area contributed by atoms with E-state index < -0.39 is 0 Å². The van der Waals surface area contributed by atoms with E-state index in [-0.39, 0.29) is 10.6 Å². The molecule has 0 amide bonds. The Morgan fingerprint density at radius 2 is 2.28 bits per heavy atom. The molecule has 0 unspecified atom stereocenters. The summed E-state index contributed by atoms with van der Waals surface area (Å²) in [5.74, 6) is 0.905. The molecule has 92 valence electrons. The molecule has 1 heterocycles. The highest BCUT2D eigenvalue weighted by Crippen LogP contribution is 2.48. The van der Waals surface area contributed by atoms with Crippen molar-refractivity contribution < 1.29 is 9.66 Å². The van der Waals surface area contributed by atoms with Crippen LogP contribution in [0, 0.1) is 10.1 Å². The second kappa shape index (κ2) is 3.94. The van der Waals surface area contributed by atoms with E-state index in [0.29, 0.717) is 22.6 Å². The van der Waals surface area contributed by atoms with Gasteiger partial charge in [0.15, 0.2) is 0 Å². The number of ether oxygens (including phenoxy) is 1. The number of benzene rings is 1. The molecule has 1 fully saturated rings. The lowest BCUT2D eigenvalue weighted by molar-refractivity contribution is -0.383. The number of pyridine rings is 1. The molecule has 0 N–H and O–H groups in total. The van der Waals surface area contributed by atoms with Gasteiger partial charge in [0.2, 0.25) is 0 Å². The maximum Gasteiger partial charge on any atom is 0.282 e. The first-order valence-corrected chi connectivity index (χ1v) is 5.82. The van der Waals surface area contributed by atoms with Gasteiger partial charge in [-0.15, -0.1) is 0 Å². The Bertz CT molecular complexity index is 635. The number of rotatable bonds is 3. The highest BCUT2D eigenvalue weighted by atomic mass is 16.6. The van der Waals surface area contributed by atoms with E-state index in [9.17, 15) is 10.1 Å². The van der Waals surface area contributed by atoms with Crippen LogP contribution < -0.4 is 4.74 Å². The summed E-state index contributed by atoms with van der Waals surface area (Å²) in [5, 5.41) is 11.9. The Balaban J connectivity index is 2.39. The van der Waals surface area contributed by atoms with Crippen molar-refractivity contribution in [2.24, 2.45) is 0 Å². The summed E-state index contributed by atoms with van der Waals surface area (Å²) in [7, 11) is 1.56. The first kappa shape index (κ1) is 11.0. The van der Waals surface area contributed by atoms with Gasteiger partial charge in [-0.3, -0.25) is 15.1 Å². The minimum absolute atomic E-state index is 0.182. The van der Waals surface area contributed by atoms with Crippen LogP contribution in [0.1, 0.15) is 24.3 Å². The molecule has 0 radical (unpaired) electrons. The Labute approximate surface area is 104 Å². The average Bonchev–Trinajstić information content (AvgIpc) is 3.20. The first-order valence-electron chi connectivity index (χ1n) is 5.82. The Hall–Kier alpha value is -2.17. The SMILES string of the molecule is COc1cc(C2CC2)c([N+](=O)[O-])c2cccnc12. The maximum absolute atomic E-state index is 11.3. The van der Waals surface area contributed by atoms with Gasteiger partial charge < -0.3 is 4.74 Å². The number of nitrogens with zero attached hydrogens (tertiary/aromatic N) is 2. The maximum atomic E-state index is 11.3. The normalized spacial score (nSPS) is 14.7. The van der Waals surface area contributed by atoms with Crippen LogP contribution in [0.3, 0.4) is 0 Å². The van der Waals surface area contributed by atoms with Gasteiger partial charge in [-0.1, -0.05) is 0 Å². The molecule has 1 aromatic heterocycles. The van der Waals surface area contributed by atoms with Gasteiger partial charge in [0.1, 0.15) is 11.3 Å². The van der Waals surface area contributed by atoms with Crippen LogP contribution in [0.2, 0.25) is 0 Å². The molecular formula is C13H12N2O3. The van der Waals surface area contributed by atoms with E-state index in [1.807, 2.05) is 0 Å². The topological polar surface area (TPSA) is 65.3 Å². The average molecular weight is 244 g/mol. The molecule has 5 heteroatoms. The molecule has 5 nitrogen and oxygen atoms in total. The standard InChI is InChI=1S/C13H12N2O3/c1-18-11-7-10(8-4-5-8)13(15(16)17)9-3-2-6-14-12(9)11/h2-3,6-8H,4-5H2,1H3. The molecule has 0 spiro atoms. The molecule has 0 aliphatic heterocycles. The van der Waals surface area contributed by atoms with Crippen LogP contribution in [-0.2, 0) is 0 Å². The van der Waals surface area contributed by atoms with Crippen molar-refractivity contribution >= 4 is 16.6 Å². The third-order valence-corrected chi connectivity index (χ3v) is 3.28. The number of hydrogen-bond donors (Lipinski definition) is 0. The predicted molar refractivity (Wildman–Crippen MR) is 66.9 cm³/mol. The Morgan fingerprint density at radius 1 is 1.50 bits per heavy atom. The van der Waals surface area contributed by atoms with Crippen LogP contribution in [-0.4, -0.2) is 17.0 Å². The number of aromatic nitrogens is 1. The minimum Gasteiger partial charge on any atom is -0.494 e. The molecule has 1 saturated carbocycles. The lowest BCUT2D eigenvalue weighted by atomic mass is 10.0. The third kappa shape index (κ3) is 1.59. The largest absolute Gasteiger partial charge is 0.494 e.